The SMILES string of the molecule is c1ccc(-c2nc(-c3cccc4c3sc3ccccc34)nc(-c3c(-c4ccc5ccccc5c4)ccc4oc5ccccc5c34)n2)cc1. The quantitative estimate of drug-likeness (QED) is 0.194. The molecular weight excluding hydrogens is 607 g/mol. The zero-order chi connectivity index (χ0) is 31.6. The van der Waals surface area contributed by atoms with E-state index in [-0.39, 0.29) is 0 Å². The molecule has 0 aliphatic heterocycles. The predicted octanol–water partition coefficient (Wildman–Crippen LogP) is 12.0. The Morgan fingerprint density at radius 1 is 0.438 bits per heavy atom. The first-order chi connectivity index (χ1) is 23.8. The third-order valence-corrected chi connectivity index (χ3v) is 10.4. The molecule has 10 aromatic rings. The summed E-state index contributed by atoms with van der Waals surface area (Å²) in [6.45, 7) is 0. The van der Waals surface area contributed by atoms with Crippen LogP contribution in [0.5, 0.6) is 0 Å². The molecule has 5 heteroatoms. The number of fused-ring (bicyclic) bond motifs is 7. The first-order valence-corrected chi connectivity index (χ1v) is 16.8. The Hall–Kier alpha value is -6.17. The Kier molecular flexibility index (Phi) is 6.01. The summed E-state index contributed by atoms with van der Waals surface area (Å²) in [5.74, 6) is 1.88. The van der Waals surface area contributed by atoms with Crippen LogP contribution in [0.25, 0.3) is 98.2 Å². The van der Waals surface area contributed by atoms with Gasteiger partial charge in [0.15, 0.2) is 17.5 Å². The van der Waals surface area contributed by atoms with E-state index in [1.807, 2.05) is 30.3 Å². The van der Waals surface area contributed by atoms with Gasteiger partial charge >= 0.3 is 0 Å². The fourth-order valence-corrected chi connectivity index (χ4v) is 8.11. The molecule has 224 valence electrons. The summed E-state index contributed by atoms with van der Waals surface area (Å²) < 4.78 is 8.83. The molecule has 3 heterocycles. The van der Waals surface area contributed by atoms with Gasteiger partial charge in [-0.2, -0.15) is 0 Å². The molecule has 0 fully saturated rings. The summed E-state index contributed by atoms with van der Waals surface area (Å²) in [6.07, 6.45) is 0. The minimum absolute atomic E-state index is 0.609. The maximum absolute atomic E-state index is 6.43. The zero-order valence-corrected chi connectivity index (χ0v) is 26.4. The van der Waals surface area contributed by atoms with Crippen LogP contribution >= 0.6 is 11.3 Å². The van der Waals surface area contributed by atoms with Crippen LogP contribution < -0.4 is 0 Å². The molecule has 4 nitrogen and oxygen atoms in total. The fourth-order valence-electron chi connectivity index (χ4n) is 6.89. The van der Waals surface area contributed by atoms with Crippen LogP contribution in [0.15, 0.2) is 156 Å². The summed E-state index contributed by atoms with van der Waals surface area (Å²) in [5, 5.41) is 6.84. The third-order valence-electron chi connectivity index (χ3n) is 9.14. The van der Waals surface area contributed by atoms with Crippen molar-refractivity contribution in [1.82, 2.24) is 15.0 Å². The van der Waals surface area contributed by atoms with E-state index < -0.39 is 0 Å². The number of para-hydroxylation sites is 1. The highest BCUT2D eigenvalue weighted by molar-refractivity contribution is 7.26. The van der Waals surface area contributed by atoms with E-state index in [0.717, 1.165) is 54.5 Å². The molecule has 0 amide bonds. The van der Waals surface area contributed by atoms with Gasteiger partial charge in [0.1, 0.15) is 11.2 Å². The smallest absolute Gasteiger partial charge is 0.165 e. The number of hydrogen-bond donors (Lipinski definition) is 0. The predicted molar refractivity (Wildman–Crippen MR) is 199 cm³/mol. The van der Waals surface area contributed by atoms with Crippen molar-refractivity contribution in [3.63, 3.8) is 0 Å². The first kappa shape index (κ1) is 27.0. The van der Waals surface area contributed by atoms with Gasteiger partial charge in [-0.1, -0.05) is 115 Å². The standard InChI is InChI=1S/C43H25N3OS/c1-2-12-27(13-3-1)41-44-42(34-18-10-17-32-31-15-7-9-20-37(31)48-40(32)34)46-43(45-41)39-30(29-22-21-26-11-4-5-14-28(26)25-29)23-24-36-38(39)33-16-6-8-19-35(33)47-36/h1-25H. The molecule has 0 saturated carbocycles. The maximum Gasteiger partial charge on any atom is 0.165 e. The largest absolute Gasteiger partial charge is 0.456 e. The second-order valence-electron chi connectivity index (χ2n) is 12.0. The highest BCUT2D eigenvalue weighted by Gasteiger charge is 2.23. The lowest BCUT2D eigenvalue weighted by Crippen LogP contribution is -2.01. The van der Waals surface area contributed by atoms with Crippen LogP contribution in [0.2, 0.25) is 0 Å². The monoisotopic (exact) mass is 631 g/mol. The van der Waals surface area contributed by atoms with E-state index in [2.05, 4.69) is 121 Å². The van der Waals surface area contributed by atoms with Gasteiger partial charge in [-0.15, -0.1) is 11.3 Å². The van der Waals surface area contributed by atoms with Gasteiger partial charge in [-0.25, -0.2) is 15.0 Å². The van der Waals surface area contributed by atoms with E-state index in [1.165, 1.54) is 26.2 Å². The normalized spacial score (nSPS) is 11.8. The van der Waals surface area contributed by atoms with Gasteiger partial charge in [0, 0.05) is 47.6 Å². The Morgan fingerprint density at radius 2 is 1.17 bits per heavy atom. The maximum atomic E-state index is 6.43. The molecule has 0 spiro atoms. The molecule has 10 rings (SSSR count). The van der Waals surface area contributed by atoms with Crippen LogP contribution in [0.1, 0.15) is 0 Å². The Balaban J connectivity index is 1.32. The van der Waals surface area contributed by atoms with Gasteiger partial charge in [-0.3, -0.25) is 0 Å². The molecule has 0 atom stereocenters. The summed E-state index contributed by atoms with van der Waals surface area (Å²) in [4.78, 5) is 15.7. The first-order valence-electron chi connectivity index (χ1n) is 15.9. The van der Waals surface area contributed by atoms with Gasteiger partial charge in [0.25, 0.3) is 0 Å². The average Bonchev–Trinajstić information content (AvgIpc) is 3.73. The zero-order valence-electron chi connectivity index (χ0n) is 25.6. The van der Waals surface area contributed by atoms with Crippen molar-refractivity contribution in [3.05, 3.63) is 152 Å². The number of hydrogen-bond acceptors (Lipinski definition) is 5. The lowest BCUT2D eigenvalue weighted by Gasteiger charge is -2.14. The highest BCUT2D eigenvalue weighted by Crippen LogP contribution is 2.44. The molecule has 7 aromatic carbocycles. The van der Waals surface area contributed by atoms with Gasteiger partial charge in [-0.05, 0) is 58.3 Å². The molecular formula is C43H25N3OS. The van der Waals surface area contributed by atoms with Crippen molar-refractivity contribution >= 4 is 64.2 Å². The molecule has 0 saturated heterocycles. The topological polar surface area (TPSA) is 51.8 Å². The van der Waals surface area contributed by atoms with Crippen LogP contribution in [-0.4, -0.2) is 15.0 Å². The van der Waals surface area contributed by atoms with Crippen LogP contribution in [0, 0.1) is 0 Å². The van der Waals surface area contributed by atoms with Crippen molar-refractivity contribution in [2.45, 2.75) is 0 Å². The van der Waals surface area contributed by atoms with Crippen molar-refractivity contribution in [2.24, 2.45) is 0 Å². The number of furan rings is 1. The summed E-state index contributed by atoms with van der Waals surface area (Å²) in [6, 6.07) is 52.6. The Morgan fingerprint density at radius 3 is 2.08 bits per heavy atom. The molecule has 48 heavy (non-hydrogen) atoms. The summed E-state index contributed by atoms with van der Waals surface area (Å²) >= 11 is 1.78. The van der Waals surface area contributed by atoms with Crippen molar-refractivity contribution < 1.29 is 4.42 Å². The van der Waals surface area contributed by atoms with Crippen LogP contribution in [0.3, 0.4) is 0 Å². The minimum Gasteiger partial charge on any atom is -0.456 e. The van der Waals surface area contributed by atoms with E-state index in [1.54, 1.807) is 11.3 Å². The van der Waals surface area contributed by atoms with E-state index >= 15 is 0 Å². The number of rotatable bonds is 4. The van der Waals surface area contributed by atoms with Gasteiger partial charge in [0.05, 0.1) is 0 Å². The van der Waals surface area contributed by atoms with Gasteiger partial charge in [0.2, 0.25) is 0 Å². The van der Waals surface area contributed by atoms with Crippen molar-refractivity contribution in [2.75, 3.05) is 0 Å². The average molecular weight is 632 g/mol. The number of nitrogens with zero attached hydrogens (tertiary/aromatic N) is 3. The molecule has 0 aliphatic rings. The molecule has 3 aromatic heterocycles. The second kappa shape index (κ2) is 10.7. The summed E-state index contributed by atoms with van der Waals surface area (Å²) in [5.41, 5.74) is 6.61. The minimum atomic E-state index is 0.609. The highest BCUT2D eigenvalue weighted by atomic mass is 32.1. The van der Waals surface area contributed by atoms with Gasteiger partial charge < -0.3 is 4.42 Å². The van der Waals surface area contributed by atoms with Crippen LogP contribution in [-0.2, 0) is 0 Å². The Bertz CT molecular complexity index is 2850. The summed E-state index contributed by atoms with van der Waals surface area (Å²) in [7, 11) is 0. The molecule has 0 N–H and O–H groups in total. The second-order valence-corrected chi connectivity index (χ2v) is 13.0. The Labute approximate surface area is 279 Å². The third kappa shape index (κ3) is 4.25. The van der Waals surface area contributed by atoms with Crippen molar-refractivity contribution in [1.29, 1.82) is 0 Å². The molecule has 0 bridgehead atoms. The molecule has 0 radical (unpaired) electrons. The van der Waals surface area contributed by atoms with E-state index in [9.17, 15) is 0 Å². The van der Waals surface area contributed by atoms with Crippen molar-refractivity contribution in [3.8, 4) is 45.3 Å². The fraction of sp³-hybridized carbons (Fsp3) is 0. The lowest BCUT2D eigenvalue weighted by molar-refractivity contribution is 0.669. The van der Waals surface area contributed by atoms with Crippen LogP contribution in [0.4, 0.5) is 0 Å². The van der Waals surface area contributed by atoms with E-state index in [0.29, 0.717) is 17.5 Å². The number of thiophene rings is 1. The number of benzene rings is 7. The number of aromatic nitrogens is 3. The van der Waals surface area contributed by atoms with E-state index in [4.69, 9.17) is 19.4 Å². The molecule has 0 aliphatic carbocycles. The molecule has 0 unspecified atom stereocenters. The lowest BCUT2D eigenvalue weighted by atomic mass is 9.93.